The number of methoxy groups -OCH3 is 1. The fourth-order valence-electron chi connectivity index (χ4n) is 3.26. The van der Waals surface area contributed by atoms with E-state index in [1.54, 1.807) is 17.5 Å². The number of benzene rings is 2. The molecule has 3 aromatic rings. The molecule has 0 fully saturated rings. The smallest absolute Gasteiger partial charge is 0.341 e. The van der Waals surface area contributed by atoms with Crippen molar-refractivity contribution < 1.29 is 18.7 Å². The molecule has 0 radical (unpaired) electrons. The van der Waals surface area contributed by atoms with E-state index in [1.165, 1.54) is 30.6 Å². The fraction of sp³-hybridized carbons (Fsp3) is 0.200. The Morgan fingerprint density at radius 2 is 1.81 bits per heavy atom. The van der Waals surface area contributed by atoms with Gasteiger partial charge in [0, 0.05) is 10.9 Å². The van der Waals surface area contributed by atoms with Gasteiger partial charge in [-0.05, 0) is 55.7 Å². The molecule has 32 heavy (non-hydrogen) atoms. The van der Waals surface area contributed by atoms with Gasteiger partial charge in [0.25, 0.3) is 0 Å². The Morgan fingerprint density at radius 3 is 2.44 bits per heavy atom. The van der Waals surface area contributed by atoms with Crippen LogP contribution in [-0.4, -0.2) is 19.1 Å². The van der Waals surface area contributed by atoms with Crippen LogP contribution in [0.5, 0.6) is 0 Å². The minimum atomic E-state index is -0.683. The Bertz CT molecular complexity index is 1170. The number of allylic oxidation sites excluding steroid dienone is 1. The zero-order valence-corrected chi connectivity index (χ0v) is 19.2. The standard InChI is InChI=1S/C25H25FN2O3S/c1-15(2)17-7-6-8-18(13-17)25(3,4)28-24(30)27-22-21(23(29)31-5)20(14-32-22)16-9-11-19(26)12-10-16/h6-14H,1H2,2-5H3,(H2,27,28,30). The maximum atomic E-state index is 13.3. The van der Waals surface area contributed by atoms with Crippen molar-refractivity contribution in [1.29, 1.82) is 0 Å². The Labute approximate surface area is 190 Å². The van der Waals surface area contributed by atoms with Crippen LogP contribution in [0.4, 0.5) is 14.2 Å². The topological polar surface area (TPSA) is 67.4 Å². The highest BCUT2D eigenvalue weighted by molar-refractivity contribution is 7.15. The van der Waals surface area contributed by atoms with Gasteiger partial charge in [-0.15, -0.1) is 11.3 Å². The molecule has 0 aliphatic carbocycles. The Hall–Kier alpha value is -3.45. The zero-order valence-electron chi connectivity index (χ0n) is 18.4. The summed E-state index contributed by atoms with van der Waals surface area (Å²) in [4.78, 5) is 25.3. The first-order chi connectivity index (χ1) is 15.1. The quantitative estimate of drug-likeness (QED) is 0.424. The van der Waals surface area contributed by atoms with Crippen LogP contribution in [0.3, 0.4) is 0 Å². The second kappa shape index (κ2) is 9.36. The minimum Gasteiger partial charge on any atom is -0.465 e. The van der Waals surface area contributed by atoms with E-state index in [0.29, 0.717) is 16.1 Å². The van der Waals surface area contributed by atoms with Crippen molar-refractivity contribution in [3.63, 3.8) is 0 Å². The van der Waals surface area contributed by atoms with Crippen molar-refractivity contribution in [3.8, 4) is 11.1 Å². The predicted molar refractivity (Wildman–Crippen MR) is 127 cm³/mol. The number of urea groups is 1. The zero-order chi connectivity index (χ0) is 23.5. The monoisotopic (exact) mass is 452 g/mol. The lowest BCUT2D eigenvalue weighted by Gasteiger charge is -2.27. The number of carbonyl (C=O) groups is 2. The van der Waals surface area contributed by atoms with E-state index in [4.69, 9.17) is 4.74 Å². The molecule has 0 aliphatic rings. The molecule has 5 nitrogen and oxygen atoms in total. The summed E-state index contributed by atoms with van der Waals surface area (Å²) in [5.41, 5.74) is 3.59. The summed E-state index contributed by atoms with van der Waals surface area (Å²) in [6.45, 7) is 9.68. The Morgan fingerprint density at radius 1 is 1.12 bits per heavy atom. The summed E-state index contributed by atoms with van der Waals surface area (Å²) in [6.07, 6.45) is 0. The molecule has 0 saturated heterocycles. The SMILES string of the molecule is C=C(C)c1cccc(C(C)(C)NC(=O)Nc2scc(-c3ccc(F)cc3)c2C(=O)OC)c1. The number of amides is 2. The van der Waals surface area contributed by atoms with Crippen LogP contribution in [0.1, 0.15) is 42.3 Å². The highest BCUT2D eigenvalue weighted by Crippen LogP contribution is 2.36. The van der Waals surface area contributed by atoms with Crippen LogP contribution >= 0.6 is 11.3 Å². The largest absolute Gasteiger partial charge is 0.465 e. The van der Waals surface area contributed by atoms with E-state index in [9.17, 15) is 14.0 Å². The summed E-state index contributed by atoms with van der Waals surface area (Å²) in [6, 6.07) is 13.1. The van der Waals surface area contributed by atoms with Gasteiger partial charge < -0.3 is 10.1 Å². The van der Waals surface area contributed by atoms with Crippen molar-refractivity contribution >= 4 is 33.9 Å². The number of rotatable bonds is 6. The van der Waals surface area contributed by atoms with E-state index < -0.39 is 17.5 Å². The molecule has 2 N–H and O–H groups in total. The summed E-state index contributed by atoms with van der Waals surface area (Å²) in [5, 5.41) is 7.80. The first-order valence-corrected chi connectivity index (χ1v) is 10.8. The number of anilines is 1. The molecule has 2 amide bonds. The molecule has 1 heterocycles. The number of hydrogen-bond donors (Lipinski definition) is 2. The van der Waals surface area contributed by atoms with Gasteiger partial charge in [0.1, 0.15) is 16.4 Å². The molecule has 0 bridgehead atoms. The van der Waals surface area contributed by atoms with Gasteiger partial charge in [0.2, 0.25) is 0 Å². The van der Waals surface area contributed by atoms with Crippen molar-refractivity contribution in [2.75, 3.05) is 12.4 Å². The molecule has 7 heteroatoms. The van der Waals surface area contributed by atoms with Gasteiger partial charge in [-0.1, -0.05) is 42.5 Å². The molecule has 0 atom stereocenters. The number of esters is 1. The number of ether oxygens (including phenoxy) is 1. The van der Waals surface area contributed by atoms with Crippen LogP contribution in [0.25, 0.3) is 16.7 Å². The Kier molecular flexibility index (Phi) is 6.79. The first-order valence-electron chi connectivity index (χ1n) is 9.93. The maximum Gasteiger partial charge on any atom is 0.341 e. The van der Waals surface area contributed by atoms with Crippen molar-refractivity contribution in [2.45, 2.75) is 26.3 Å². The van der Waals surface area contributed by atoms with Crippen LogP contribution in [0.2, 0.25) is 0 Å². The van der Waals surface area contributed by atoms with E-state index in [-0.39, 0.29) is 11.4 Å². The molecule has 0 aliphatic heterocycles. The number of hydrogen-bond acceptors (Lipinski definition) is 4. The van der Waals surface area contributed by atoms with Crippen molar-refractivity contribution in [1.82, 2.24) is 5.32 Å². The van der Waals surface area contributed by atoms with Crippen molar-refractivity contribution in [3.05, 3.63) is 83.0 Å². The summed E-state index contributed by atoms with van der Waals surface area (Å²) < 4.78 is 18.2. The lowest BCUT2D eigenvalue weighted by atomic mass is 9.92. The van der Waals surface area contributed by atoms with E-state index in [1.807, 2.05) is 45.0 Å². The fourth-order valence-corrected chi connectivity index (χ4v) is 4.21. The molecule has 2 aromatic carbocycles. The number of carbonyl (C=O) groups excluding carboxylic acids is 2. The van der Waals surface area contributed by atoms with Crippen LogP contribution in [-0.2, 0) is 10.3 Å². The van der Waals surface area contributed by atoms with Crippen LogP contribution in [0.15, 0.2) is 60.5 Å². The van der Waals surface area contributed by atoms with Crippen LogP contribution in [0, 0.1) is 5.82 Å². The summed E-state index contributed by atoms with van der Waals surface area (Å²) in [7, 11) is 1.27. The van der Waals surface area contributed by atoms with Crippen LogP contribution < -0.4 is 10.6 Å². The molecule has 166 valence electrons. The third-order valence-corrected chi connectivity index (χ3v) is 5.96. The summed E-state index contributed by atoms with van der Waals surface area (Å²) in [5.74, 6) is -0.964. The molecular formula is C25H25FN2O3S. The normalized spacial score (nSPS) is 11.0. The van der Waals surface area contributed by atoms with E-state index >= 15 is 0 Å². The maximum absolute atomic E-state index is 13.3. The van der Waals surface area contributed by atoms with Gasteiger partial charge in [-0.3, -0.25) is 5.32 Å². The summed E-state index contributed by atoms with van der Waals surface area (Å²) >= 11 is 1.20. The average Bonchev–Trinajstić information content (AvgIpc) is 3.16. The van der Waals surface area contributed by atoms with Gasteiger partial charge in [-0.25, -0.2) is 14.0 Å². The van der Waals surface area contributed by atoms with Crippen molar-refractivity contribution in [2.24, 2.45) is 0 Å². The highest BCUT2D eigenvalue weighted by atomic mass is 32.1. The lowest BCUT2D eigenvalue weighted by molar-refractivity contribution is 0.0603. The van der Waals surface area contributed by atoms with E-state index in [0.717, 1.165) is 16.7 Å². The Balaban J connectivity index is 1.86. The van der Waals surface area contributed by atoms with Gasteiger partial charge in [-0.2, -0.15) is 0 Å². The molecular weight excluding hydrogens is 427 g/mol. The second-order valence-electron chi connectivity index (χ2n) is 7.92. The first kappa shape index (κ1) is 23.2. The molecule has 0 spiro atoms. The molecule has 3 rings (SSSR count). The minimum absolute atomic E-state index is 0.223. The second-order valence-corrected chi connectivity index (χ2v) is 8.80. The van der Waals surface area contributed by atoms with Gasteiger partial charge >= 0.3 is 12.0 Å². The molecule has 0 saturated carbocycles. The highest BCUT2D eigenvalue weighted by Gasteiger charge is 2.26. The number of nitrogens with one attached hydrogen (secondary N) is 2. The third-order valence-electron chi connectivity index (χ3n) is 5.07. The third kappa shape index (κ3) is 5.06. The molecule has 1 aromatic heterocycles. The lowest BCUT2D eigenvalue weighted by Crippen LogP contribution is -2.43. The molecule has 0 unspecified atom stereocenters. The van der Waals surface area contributed by atoms with E-state index in [2.05, 4.69) is 17.2 Å². The average molecular weight is 453 g/mol. The van der Waals surface area contributed by atoms with Gasteiger partial charge in [0.15, 0.2) is 0 Å². The van der Waals surface area contributed by atoms with Gasteiger partial charge in [0.05, 0.1) is 12.6 Å². The predicted octanol–water partition coefficient (Wildman–Crippen LogP) is 6.43. The number of halogens is 1. The number of thiophene rings is 1.